The zero-order valence-electron chi connectivity index (χ0n) is 14.9. The lowest BCUT2D eigenvalue weighted by atomic mass is 9.89. The van der Waals surface area contributed by atoms with Gasteiger partial charge in [0.2, 0.25) is 0 Å². The molecule has 2 atom stereocenters. The molecule has 2 aliphatic rings. The second-order valence-electron chi connectivity index (χ2n) is 7.30. The maximum absolute atomic E-state index is 10.4. The minimum atomic E-state index is -0.459. The first kappa shape index (κ1) is 16.8. The van der Waals surface area contributed by atoms with Gasteiger partial charge >= 0.3 is 0 Å². The van der Waals surface area contributed by atoms with Crippen molar-refractivity contribution in [3.05, 3.63) is 53.1 Å². The van der Waals surface area contributed by atoms with Crippen LogP contribution in [0.2, 0.25) is 0 Å². The first-order chi connectivity index (χ1) is 12.2. The fourth-order valence-electron chi connectivity index (χ4n) is 4.13. The van der Waals surface area contributed by atoms with Gasteiger partial charge < -0.3 is 14.4 Å². The van der Waals surface area contributed by atoms with Crippen LogP contribution < -0.4 is 0 Å². The van der Waals surface area contributed by atoms with Gasteiger partial charge in [0.25, 0.3) is 0 Å². The van der Waals surface area contributed by atoms with Gasteiger partial charge in [0.05, 0.1) is 30.8 Å². The third-order valence-corrected chi connectivity index (χ3v) is 5.46. The van der Waals surface area contributed by atoms with E-state index in [4.69, 9.17) is 4.74 Å². The van der Waals surface area contributed by atoms with E-state index in [1.54, 1.807) is 0 Å². The van der Waals surface area contributed by atoms with Gasteiger partial charge in [-0.25, -0.2) is 4.98 Å². The number of aryl methyl sites for hydroxylation is 2. The third-order valence-electron chi connectivity index (χ3n) is 5.46. The zero-order valence-corrected chi connectivity index (χ0v) is 14.9. The molecule has 1 N–H and O–H groups in total. The number of benzene rings is 1. The fraction of sp³-hybridized carbons (Fsp3) is 0.550. The Kier molecular flexibility index (Phi) is 4.88. The number of aromatic nitrogens is 2. The minimum Gasteiger partial charge on any atom is -0.389 e. The van der Waals surface area contributed by atoms with Crippen molar-refractivity contribution in [2.75, 3.05) is 19.7 Å². The van der Waals surface area contributed by atoms with E-state index in [0.29, 0.717) is 13.2 Å². The molecule has 0 radical (unpaired) electrons. The summed E-state index contributed by atoms with van der Waals surface area (Å²) in [5.74, 6) is 0. The van der Waals surface area contributed by atoms with E-state index in [1.165, 1.54) is 16.8 Å². The number of ether oxygens (including phenoxy) is 1. The van der Waals surface area contributed by atoms with Crippen LogP contribution in [0.4, 0.5) is 0 Å². The van der Waals surface area contributed by atoms with Crippen molar-refractivity contribution in [3.8, 4) is 0 Å². The Bertz CT molecular complexity index is 727. The highest BCUT2D eigenvalue weighted by atomic mass is 16.5. The van der Waals surface area contributed by atoms with Gasteiger partial charge in [-0.05, 0) is 30.4 Å². The zero-order chi connectivity index (χ0) is 17.2. The summed E-state index contributed by atoms with van der Waals surface area (Å²) in [6, 6.07) is 8.53. The van der Waals surface area contributed by atoms with E-state index in [1.807, 2.05) is 13.4 Å². The summed E-state index contributed by atoms with van der Waals surface area (Å²) in [5.41, 5.74) is 5.16. The van der Waals surface area contributed by atoms with Crippen LogP contribution in [0.5, 0.6) is 0 Å². The standard InChI is InChI=1S/C20H27N3O2/c1-22-14-21-18-12-23(10-9-19(18)22)11-16(24)13-25-20-8-4-6-15-5-2-3-7-17(15)20/h2-3,5,7,14,16,20,24H,4,6,8-13H2,1H3. The number of aliphatic hydroxyl groups is 1. The Morgan fingerprint density at radius 1 is 1.32 bits per heavy atom. The average molecular weight is 341 g/mol. The summed E-state index contributed by atoms with van der Waals surface area (Å²) >= 11 is 0. The Labute approximate surface area is 149 Å². The number of aliphatic hydroxyl groups excluding tert-OH is 1. The summed E-state index contributed by atoms with van der Waals surface area (Å²) < 4.78 is 8.19. The normalized spacial score (nSPS) is 21.6. The van der Waals surface area contributed by atoms with Crippen LogP contribution in [0.3, 0.4) is 0 Å². The van der Waals surface area contributed by atoms with Crippen LogP contribution in [-0.2, 0) is 31.2 Å². The van der Waals surface area contributed by atoms with Crippen molar-refractivity contribution < 1.29 is 9.84 Å². The first-order valence-corrected chi connectivity index (χ1v) is 9.29. The molecule has 0 saturated carbocycles. The summed E-state index contributed by atoms with van der Waals surface area (Å²) in [5, 5.41) is 10.4. The predicted octanol–water partition coefficient (Wildman–Crippen LogP) is 2.23. The predicted molar refractivity (Wildman–Crippen MR) is 96.3 cm³/mol. The molecule has 0 bridgehead atoms. The van der Waals surface area contributed by atoms with Crippen LogP contribution in [0.25, 0.3) is 0 Å². The van der Waals surface area contributed by atoms with Gasteiger partial charge in [-0.1, -0.05) is 24.3 Å². The van der Waals surface area contributed by atoms with E-state index >= 15 is 0 Å². The Morgan fingerprint density at radius 2 is 2.20 bits per heavy atom. The van der Waals surface area contributed by atoms with E-state index in [9.17, 15) is 5.11 Å². The fourth-order valence-corrected chi connectivity index (χ4v) is 4.13. The molecule has 1 aromatic heterocycles. The molecule has 0 spiro atoms. The van der Waals surface area contributed by atoms with Gasteiger partial charge in [-0.2, -0.15) is 0 Å². The van der Waals surface area contributed by atoms with Gasteiger partial charge in [0, 0.05) is 38.8 Å². The molecule has 0 amide bonds. The third kappa shape index (κ3) is 3.64. The van der Waals surface area contributed by atoms with E-state index in [-0.39, 0.29) is 6.10 Å². The summed E-state index contributed by atoms with van der Waals surface area (Å²) in [7, 11) is 2.05. The SMILES string of the molecule is Cn1cnc2c1CCN(CC(O)COC1CCCc3ccccc31)C2. The minimum absolute atomic E-state index is 0.128. The second-order valence-corrected chi connectivity index (χ2v) is 7.30. The first-order valence-electron chi connectivity index (χ1n) is 9.29. The molecule has 1 aromatic carbocycles. The van der Waals surface area contributed by atoms with Gasteiger partial charge in [0.1, 0.15) is 0 Å². The van der Waals surface area contributed by atoms with Gasteiger partial charge in [-0.3, -0.25) is 4.90 Å². The number of hydrogen-bond donors (Lipinski definition) is 1. The highest BCUT2D eigenvalue weighted by molar-refractivity contribution is 5.31. The lowest BCUT2D eigenvalue weighted by molar-refractivity contribution is -0.0295. The number of hydrogen-bond acceptors (Lipinski definition) is 4. The largest absolute Gasteiger partial charge is 0.389 e. The van der Waals surface area contributed by atoms with Crippen molar-refractivity contribution in [3.63, 3.8) is 0 Å². The molecule has 2 heterocycles. The lowest BCUT2D eigenvalue weighted by Gasteiger charge is -2.30. The van der Waals surface area contributed by atoms with Crippen LogP contribution in [-0.4, -0.2) is 45.4 Å². The molecule has 0 saturated heterocycles. The molecule has 1 aliphatic carbocycles. The summed E-state index contributed by atoms with van der Waals surface area (Å²) in [6.45, 7) is 2.82. The molecule has 4 rings (SSSR count). The van der Waals surface area contributed by atoms with Crippen LogP contribution in [0.15, 0.2) is 30.6 Å². The van der Waals surface area contributed by atoms with E-state index in [2.05, 4.69) is 38.7 Å². The van der Waals surface area contributed by atoms with Crippen LogP contribution >= 0.6 is 0 Å². The number of nitrogens with zero attached hydrogens (tertiary/aromatic N) is 3. The van der Waals surface area contributed by atoms with Crippen molar-refractivity contribution in [2.45, 2.75) is 44.4 Å². The highest BCUT2D eigenvalue weighted by Gasteiger charge is 2.24. The quantitative estimate of drug-likeness (QED) is 0.906. The topological polar surface area (TPSA) is 50.5 Å². The Morgan fingerprint density at radius 3 is 3.12 bits per heavy atom. The Hall–Kier alpha value is -1.69. The smallest absolute Gasteiger partial charge is 0.0949 e. The van der Waals surface area contributed by atoms with Gasteiger partial charge in [-0.15, -0.1) is 0 Å². The van der Waals surface area contributed by atoms with Crippen LogP contribution in [0.1, 0.15) is 41.5 Å². The molecule has 5 nitrogen and oxygen atoms in total. The molecule has 2 aromatic rings. The van der Waals surface area contributed by atoms with Crippen LogP contribution in [0, 0.1) is 0 Å². The number of imidazole rings is 1. The molecular formula is C20H27N3O2. The lowest BCUT2D eigenvalue weighted by Crippen LogP contribution is -2.39. The van der Waals surface area contributed by atoms with Crippen molar-refractivity contribution in [1.29, 1.82) is 0 Å². The average Bonchev–Trinajstić information content (AvgIpc) is 3.00. The molecule has 5 heteroatoms. The molecule has 134 valence electrons. The van der Waals surface area contributed by atoms with E-state index < -0.39 is 6.10 Å². The number of β-amino-alcohol motifs (C(OH)–C–C–N with tert-alkyl or cyclic N) is 1. The number of fused-ring (bicyclic) bond motifs is 2. The maximum atomic E-state index is 10.4. The molecular weight excluding hydrogens is 314 g/mol. The molecule has 25 heavy (non-hydrogen) atoms. The van der Waals surface area contributed by atoms with Crippen molar-refractivity contribution in [2.24, 2.45) is 7.05 Å². The molecule has 2 unspecified atom stereocenters. The highest BCUT2D eigenvalue weighted by Crippen LogP contribution is 2.32. The Balaban J connectivity index is 1.30. The molecule has 0 fully saturated rings. The summed E-state index contributed by atoms with van der Waals surface area (Å²) in [6.07, 6.45) is 5.89. The maximum Gasteiger partial charge on any atom is 0.0949 e. The summed E-state index contributed by atoms with van der Waals surface area (Å²) in [4.78, 5) is 6.74. The monoisotopic (exact) mass is 341 g/mol. The van der Waals surface area contributed by atoms with Crippen molar-refractivity contribution >= 4 is 0 Å². The van der Waals surface area contributed by atoms with Crippen molar-refractivity contribution in [1.82, 2.24) is 14.5 Å². The number of rotatable bonds is 5. The molecule has 1 aliphatic heterocycles. The second kappa shape index (κ2) is 7.28. The van der Waals surface area contributed by atoms with E-state index in [0.717, 1.165) is 44.5 Å². The van der Waals surface area contributed by atoms with Gasteiger partial charge in [0.15, 0.2) is 0 Å².